The number of aromatic nitrogens is 2. The number of hydrogen-bond acceptors (Lipinski definition) is 5. The number of aliphatic carboxylic acids is 1. The molecular formula is C18H21N3O3. The molecule has 1 aliphatic heterocycles. The maximum Gasteiger partial charge on any atom is 0.320 e. The van der Waals surface area contributed by atoms with Crippen molar-refractivity contribution in [1.29, 1.82) is 0 Å². The van der Waals surface area contributed by atoms with Gasteiger partial charge >= 0.3 is 5.97 Å². The van der Waals surface area contributed by atoms with Crippen LogP contribution in [-0.2, 0) is 11.3 Å². The topological polar surface area (TPSA) is 75.5 Å². The first kappa shape index (κ1) is 16.4. The van der Waals surface area contributed by atoms with Crippen molar-refractivity contribution in [3.63, 3.8) is 0 Å². The number of carboxylic acid groups (broad SMARTS) is 1. The first-order chi connectivity index (χ1) is 11.6. The van der Waals surface area contributed by atoms with E-state index in [1.165, 1.54) is 0 Å². The molecular weight excluding hydrogens is 306 g/mol. The maximum absolute atomic E-state index is 11.4. The molecule has 0 amide bonds. The van der Waals surface area contributed by atoms with Crippen LogP contribution in [0.1, 0.15) is 25.3 Å². The zero-order valence-corrected chi connectivity index (χ0v) is 13.8. The van der Waals surface area contributed by atoms with Gasteiger partial charge in [0.15, 0.2) is 5.82 Å². The zero-order valence-electron chi connectivity index (χ0n) is 13.8. The lowest BCUT2D eigenvalue weighted by atomic mass is 10.2. The monoisotopic (exact) mass is 327 g/mol. The molecule has 0 saturated carbocycles. The van der Waals surface area contributed by atoms with Crippen molar-refractivity contribution in [1.82, 2.24) is 14.9 Å². The van der Waals surface area contributed by atoms with E-state index in [-0.39, 0.29) is 6.04 Å². The molecule has 1 saturated heterocycles. The minimum atomic E-state index is -0.758. The molecule has 2 heterocycles. The number of carbonyl (C=O) groups is 1. The third-order valence-corrected chi connectivity index (χ3v) is 4.53. The smallest absolute Gasteiger partial charge is 0.320 e. The van der Waals surface area contributed by atoms with Crippen LogP contribution in [0.3, 0.4) is 0 Å². The second-order valence-corrected chi connectivity index (χ2v) is 6.07. The van der Waals surface area contributed by atoms with Gasteiger partial charge in [-0.05, 0) is 31.9 Å². The highest BCUT2D eigenvalue weighted by molar-refractivity contribution is 5.74. The van der Waals surface area contributed by atoms with Crippen LogP contribution in [0, 0.1) is 0 Å². The molecule has 0 aliphatic carbocycles. The van der Waals surface area contributed by atoms with Gasteiger partial charge in [-0.3, -0.25) is 9.69 Å². The third kappa shape index (κ3) is 3.23. The van der Waals surface area contributed by atoms with Crippen molar-refractivity contribution >= 4 is 5.97 Å². The van der Waals surface area contributed by atoms with Gasteiger partial charge in [-0.15, -0.1) is 0 Å². The molecule has 1 aromatic carbocycles. The van der Waals surface area contributed by atoms with E-state index >= 15 is 0 Å². The lowest BCUT2D eigenvalue weighted by Gasteiger charge is -2.25. The summed E-state index contributed by atoms with van der Waals surface area (Å²) in [5.41, 5.74) is 1.75. The van der Waals surface area contributed by atoms with Crippen LogP contribution in [0.15, 0.2) is 36.7 Å². The molecule has 0 bridgehead atoms. The number of hydrogen-bond donors (Lipinski definition) is 1. The molecule has 6 nitrogen and oxygen atoms in total. The SMILES string of the molecule is COc1ccccc1-c1ncc(CN2[C@@H](C)CC[C@H]2C(=O)O)cn1. The predicted molar refractivity (Wildman–Crippen MR) is 89.7 cm³/mol. The van der Waals surface area contributed by atoms with E-state index < -0.39 is 12.0 Å². The molecule has 6 heteroatoms. The van der Waals surface area contributed by atoms with Crippen LogP contribution in [0.2, 0.25) is 0 Å². The van der Waals surface area contributed by atoms with Gasteiger partial charge < -0.3 is 9.84 Å². The van der Waals surface area contributed by atoms with Gasteiger partial charge in [0.2, 0.25) is 0 Å². The van der Waals surface area contributed by atoms with Crippen LogP contribution >= 0.6 is 0 Å². The van der Waals surface area contributed by atoms with Crippen LogP contribution < -0.4 is 4.74 Å². The van der Waals surface area contributed by atoms with Crippen molar-refractivity contribution in [2.24, 2.45) is 0 Å². The lowest BCUT2D eigenvalue weighted by molar-refractivity contribution is -0.142. The number of nitrogens with zero attached hydrogens (tertiary/aromatic N) is 3. The quantitative estimate of drug-likeness (QED) is 0.910. The summed E-state index contributed by atoms with van der Waals surface area (Å²) in [6.45, 7) is 2.61. The van der Waals surface area contributed by atoms with Gasteiger partial charge in [0.05, 0.1) is 12.7 Å². The largest absolute Gasteiger partial charge is 0.496 e. The van der Waals surface area contributed by atoms with E-state index in [0.717, 1.165) is 23.3 Å². The second-order valence-electron chi connectivity index (χ2n) is 6.07. The summed E-state index contributed by atoms with van der Waals surface area (Å²) in [6.07, 6.45) is 5.12. The molecule has 1 N–H and O–H groups in total. The normalized spacial score (nSPS) is 20.9. The Morgan fingerprint density at radius 3 is 2.67 bits per heavy atom. The van der Waals surface area contributed by atoms with E-state index in [9.17, 15) is 9.90 Å². The fourth-order valence-electron chi connectivity index (χ4n) is 3.18. The van der Waals surface area contributed by atoms with Crippen LogP contribution in [-0.4, -0.2) is 45.1 Å². The van der Waals surface area contributed by atoms with Crippen molar-refractivity contribution < 1.29 is 14.6 Å². The molecule has 24 heavy (non-hydrogen) atoms. The third-order valence-electron chi connectivity index (χ3n) is 4.53. The van der Waals surface area contributed by atoms with Crippen molar-refractivity contribution in [3.05, 3.63) is 42.2 Å². The van der Waals surface area contributed by atoms with E-state index in [0.29, 0.717) is 18.8 Å². The Morgan fingerprint density at radius 1 is 1.29 bits per heavy atom. The first-order valence-electron chi connectivity index (χ1n) is 8.03. The summed E-state index contributed by atoms with van der Waals surface area (Å²) in [5, 5.41) is 9.34. The molecule has 0 radical (unpaired) electrons. The molecule has 1 aliphatic rings. The number of ether oxygens (including phenoxy) is 1. The number of para-hydroxylation sites is 1. The minimum absolute atomic E-state index is 0.250. The van der Waals surface area contributed by atoms with E-state index in [1.54, 1.807) is 19.5 Å². The maximum atomic E-state index is 11.4. The molecule has 126 valence electrons. The average molecular weight is 327 g/mol. The number of rotatable bonds is 5. The Labute approximate surface area is 141 Å². The number of carboxylic acids is 1. The van der Waals surface area contributed by atoms with E-state index in [1.807, 2.05) is 29.2 Å². The van der Waals surface area contributed by atoms with E-state index in [4.69, 9.17) is 4.74 Å². The Hall–Kier alpha value is -2.47. The van der Waals surface area contributed by atoms with Gasteiger partial charge in [0, 0.05) is 30.5 Å². The highest BCUT2D eigenvalue weighted by atomic mass is 16.5. The van der Waals surface area contributed by atoms with Gasteiger partial charge in [-0.2, -0.15) is 0 Å². The van der Waals surface area contributed by atoms with Crippen molar-refractivity contribution in [3.8, 4) is 17.1 Å². The Balaban J connectivity index is 1.78. The number of likely N-dealkylation sites (tertiary alicyclic amines) is 1. The summed E-state index contributed by atoms with van der Waals surface area (Å²) in [4.78, 5) is 22.2. The van der Waals surface area contributed by atoms with Gasteiger partial charge in [0.1, 0.15) is 11.8 Å². The standard InChI is InChI=1S/C18H21N3O3/c1-12-7-8-15(18(22)23)21(12)11-13-9-19-17(20-10-13)14-5-3-4-6-16(14)24-2/h3-6,9-10,12,15H,7-8,11H2,1-2H3,(H,22,23)/t12-,15-/m0/s1. The molecule has 0 unspecified atom stereocenters. The van der Waals surface area contributed by atoms with Crippen LogP contribution in [0.25, 0.3) is 11.4 Å². The molecule has 1 aromatic heterocycles. The first-order valence-corrected chi connectivity index (χ1v) is 8.03. The predicted octanol–water partition coefficient (Wildman–Crippen LogP) is 2.59. The van der Waals surface area contributed by atoms with Crippen LogP contribution in [0.4, 0.5) is 0 Å². The summed E-state index contributed by atoms with van der Waals surface area (Å²) in [7, 11) is 1.62. The molecule has 0 spiro atoms. The minimum Gasteiger partial charge on any atom is -0.496 e. The molecule has 1 fully saturated rings. The van der Waals surface area contributed by atoms with Gasteiger partial charge in [0.25, 0.3) is 0 Å². The summed E-state index contributed by atoms with van der Waals surface area (Å²) in [6, 6.07) is 7.43. The highest BCUT2D eigenvalue weighted by Gasteiger charge is 2.35. The Bertz CT molecular complexity index is 718. The van der Waals surface area contributed by atoms with E-state index in [2.05, 4.69) is 16.9 Å². The van der Waals surface area contributed by atoms with Gasteiger partial charge in [-0.1, -0.05) is 12.1 Å². The number of benzene rings is 1. The molecule has 2 aromatic rings. The summed E-state index contributed by atoms with van der Waals surface area (Å²) >= 11 is 0. The van der Waals surface area contributed by atoms with Crippen LogP contribution in [0.5, 0.6) is 5.75 Å². The Morgan fingerprint density at radius 2 is 2.00 bits per heavy atom. The van der Waals surface area contributed by atoms with Gasteiger partial charge in [-0.25, -0.2) is 9.97 Å². The van der Waals surface area contributed by atoms with Crippen molar-refractivity contribution in [2.45, 2.75) is 38.4 Å². The fraction of sp³-hybridized carbons (Fsp3) is 0.389. The molecule has 2 atom stereocenters. The number of methoxy groups -OCH3 is 1. The molecule has 3 rings (SSSR count). The summed E-state index contributed by atoms with van der Waals surface area (Å²) < 4.78 is 5.34. The highest BCUT2D eigenvalue weighted by Crippen LogP contribution is 2.28. The average Bonchev–Trinajstić information content (AvgIpc) is 2.96. The fourth-order valence-corrected chi connectivity index (χ4v) is 3.18. The Kier molecular flexibility index (Phi) is 4.76. The van der Waals surface area contributed by atoms with Crippen molar-refractivity contribution in [2.75, 3.05) is 7.11 Å². The zero-order chi connectivity index (χ0) is 17.1. The second kappa shape index (κ2) is 6.97. The lowest BCUT2D eigenvalue weighted by Crippen LogP contribution is -2.39. The summed E-state index contributed by atoms with van der Waals surface area (Å²) in [5.74, 6) is 0.565.